The molecule has 1 aliphatic rings. The fourth-order valence-electron chi connectivity index (χ4n) is 2.23. The van der Waals surface area contributed by atoms with E-state index in [1.807, 2.05) is 0 Å². The maximum absolute atomic E-state index is 13.6. The summed E-state index contributed by atoms with van der Waals surface area (Å²) < 4.78 is 23.8. The predicted octanol–water partition coefficient (Wildman–Crippen LogP) is 2.39. The fourth-order valence-corrected chi connectivity index (χ4v) is 2.23. The molecule has 1 fully saturated rings. The molecule has 6 heteroatoms. The Hall–Kier alpha value is -2.24. The normalized spacial score (nSPS) is 15.7. The number of halogens is 1. The van der Waals surface area contributed by atoms with Gasteiger partial charge in [0.25, 0.3) is 0 Å². The Kier molecular flexibility index (Phi) is 3.45. The van der Waals surface area contributed by atoms with Gasteiger partial charge in [0, 0.05) is 6.42 Å². The third kappa shape index (κ3) is 2.53. The second kappa shape index (κ2) is 5.27. The zero-order chi connectivity index (χ0) is 14.9. The molecule has 1 saturated carbocycles. The Labute approximate surface area is 121 Å². The SMILES string of the molecule is CCOC(=O)C1(c2nc(Cc3ccccc3F)no2)CC1. The predicted molar refractivity (Wildman–Crippen MR) is 71.0 cm³/mol. The number of hydrogen-bond donors (Lipinski definition) is 0. The van der Waals surface area contributed by atoms with Crippen molar-refractivity contribution in [3.63, 3.8) is 0 Å². The highest BCUT2D eigenvalue weighted by molar-refractivity contribution is 5.85. The lowest BCUT2D eigenvalue weighted by molar-refractivity contribution is -0.146. The van der Waals surface area contributed by atoms with Crippen LogP contribution in [0, 0.1) is 5.82 Å². The van der Waals surface area contributed by atoms with E-state index < -0.39 is 5.41 Å². The fraction of sp³-hybridized carbons (Fsp3) is 0.400. The lowest BCUT2D eigenvalue weighted by Crippen LogP contribution is -2.23. The molecule has 1 aliphatic carbocycles. The molecule has 110 valence electrons. The summed E-state index contributed by atoms with van der Waals surface area (Å²) in [5, 5.41) is 3.84. The van der Waals surface area contributed by atoms with Gasteiger partial charge >= 0.3 is 5.97 Å². The van der Waals surface area contributed by atoms with E-state index in [9.17, 15) is 9.18 Å². The van der Waals surface area contributed by atoms with Crippen LogP contribution in [0.15, 0.2) is 28.8 Å². The van der Waals surface area contributed by atoms with Crippen molar-refractivity contribution in [3.05, 3.63) is 47.4 Å². The third-order valence-electron chi connectivity index (χ3n) is 3.60. The van der Waals surface area contributed by atoms with Gasteiger partial charge < -0.3 is 9.26 Å². The number of carbonyl (C=O) groups is 1. The van der Waals surface area contributed by atoms with Gasteiger partial charge in [0.2, 0.25) is 5.89 Å². The van der Waals surface area contributed by atoms with Gasteiger partial charge in [0.1, 0.15) is 11.2 Å². The van der Waals surface area contributed by atoms with Gasteiger partial charge in [-0.2, -0.15) is 4.98 Å². The van der Waals surface area contributed by atoms with E-state index in [1.165, 1.54) is 6.07 Å². The molecule has 0 unspecified atom stereocenters. The Morgan fingerprint density at radius 3 is 2.86 bits per heavy atom. The summed E-state index contributed by atoms with van der Waals surface area (Å²) in [6, 6.07) is 6.43. The van der Waals surface area contributed by atoms with Gasteiger partial charge in [-0.25, -0.2) is 4.39 Å². The smallest absolute Gasteiger partial charge is 0.321 e. The van der Waals surface area contributed by atoms with Crippen LogP contribution in [-0.4, -0.2) is 22.7 Å². The van der Waals surface area contributed by atoms with Gasteiger partial charge in [-0.05, 0) is 31.4 Å². The summed E-state index contributed by atoms with van der Waals surface area (Å²) in [5.74, 6) is -0.000526. The van der Waals surface area contributed by atoms with Crippen molar-refractivity contribution in [2.45, 2.75) is 31.6 Å². The minimum atomic E-state index is -0.781. The first-order valence-corrected chi connectivity index (χ1v) is 6.89. The van der Waals surface area contributed by atoms with Gasteiger partial charge in [0.15, 0.2) is 5.82 Å². The van der Waals surface area contributed by atoms with Gasteiger partial charge in [-0.1, -0.05) is 23.4 Å². The molecule has 0 spiro atoms. The van der Waals surface area contributed by atoms with Crippen LogP contribution in [0.25, 0.3) is 0 Å². The second-order valence-electron chi connectivity index (χ2n) is 5.09. The van der Waals surface area contributed by atoms with Crippen LogP contribution >= 0.6 is 0 Å². The maximum atomic E-state index is 13.6. The van der Waals surface area contributed by atoms with Crippen molar-refractivity contribution in [1.82, 2.24) is 10.1 Å². The van der Waals surface area contributed by atoms with Crippen LogP contribution in [-0.2, 0) is 21.4 Å². The molecular weight excluding hydrogens is 275 g/mol. The monoisotopic (exact) mass is 290 g/mol. The molecule has 0 aliphatic heterocycles. The van der Waals surface area contributed by atoms with Crippen molar-refractivity contribution in [2.75, 3.05) is 6.61 Å². The lowest BCUT2D eigenvalue weighted by atomic mass is 10.1. The van der Waals surface area contributed by atoms with Crippen molar-refractivity contribution in [1.29, 1.82) is 0 Å². The van der Waals surface area contributed by atoms with E-state index in [2.05, 4.69) is 10.1 Å². The van der Waals surface area contributed by atoms with E-state index in [0.717, 1.165) is 0 Å². The molecule has 1 aromatic carbocycles. The molecule has 0 N–H and O–H groups in total. The van der Waals surface area contributed by atoms with E-state index in [0.29, 0.717) is 30.8 Å². The van der Waals surface area contributed by atoms with Crippen molar-refractivity contribution in [3.8, 4) is 0 Å². The van der Waals surface area contributed by atoms with Gasteiger partial charge in [-0.15, -0.1) is 0 Å². The van der Waals surface area contributed by atoms with Crippen LogP contribution < -0.4 is 0 Å². The summed E-state index contributed by atoms with van der Waals surface area (Å²) in [6.45, 7) is 2.07. The van der Waals surface area contributed by atoms with Gasteiger partial charge in [0.05, 0.1) is 6.61 Å². The summed E-state index contributed by atoms with van der Waals surface area (Å²) >= 11 is 0. The minimum absolute atomic E-state index is 0.231. The van der Waals surface area contributed by atoms with Crippen LogP contribution in [0.1, 0.15) is 37.0 Å². The van der Waals surface area contributed by atoms with E-state index >= 15 is 0 Å². The second-order valence-corrected chi connectivity index (χ2v) is 5.09. The molecular formula is C15H15FN2O3. The highest BCUT2D eigenvalue weighted by atomic mass is 19.1. The first kappa shape index (κ1) is 13.7. The van der Waals surface area contributed by atoms with E-state index in [4.69, 9.17) is 9.26 Å². The molecule has 3 rings (SSSR count). The number of ether oxygens (including phenoxy) is 1. The van der Waals surface area contributed by atoms with Crippen LogP contribution in [0.5, 0.6) is 0 Å². The highest BCUT2D eigenvalue weighted by Crippen LogP contribution is 2.48. The quantitative estimate of drug-likeness (QED) is 0.791. The Morgan fingerprint density at radius 1 is 1.43 bits per heavy atom. The van der Waals surface area contributed by atoms with E-state index in [-0.39, 0.29) is 24.1 Å². The Bertz CT molecular complexity index is 664. The maximum Gasteiger partial charge on any atom is 0.321 e. The minimum Gasteiger partial charge on any atom is -0.465 e. The number of esters is 1. The molecule has 1 heterocycles. The zero-order valence-corrected chi connectivity index (χ0v) is 11.6. The summed E-state index contributed by atoms with van der Waals surface area (Å²) in [4.78, 5) is 16.2. The van der Waals surface area contributed by atoms with Crippen molar-refractivity contribution >= 4 is 5.97 Å². The molecule has 0 bridgehead atoms. The standard InChI is InChI=1S/C15H15FN2O3/c1-2-20-14(19)15(7-8-15)13-17-12(18-21-13)9-10-5-3-4-6-11(10)16/h3-6H,2,7-9H2,1H3. The third-order valence-corrected chi connectivity index (χ3v) is 3.60. The highest BCUT2D eigenvalue weighted by Gasteiger charge is 2.57. The molecule has 1 aromatic heterocycles. The number of rotatable bonds is 5. The molecule has 0 radical (unpaired) electrons. The number of aromatic nitrogens is 2. The van der Waals surface area contributed by atoms with Crippen LogP contribution in [0.4, 0.5) is 4.39 Å². The number of benzene rings is 1. The van der Waals surface area contributed by atoms with Crippen molar-refractivity contribution in [2.24, 2.45) is 0 Å². The number of hydrogen-bond acceptors (Lipinski definition) is 5. The largest absolute Gasteiger partial charge is 0.465 e. The topological polar surface area (TPSA) is 65.2 Å². The first-order valence-electron chi connectivity index (χ1n) is 6.89. The molecule has 5 nitrogen and oxygen atoms in total. The summed E-state index contributed by atoms with van der Waals surface area (Å²) in [7, 11) is 0. The molecule has 2 aromatic rings. The first-order chi connectivity index (χ1) is 10.2. The molecule has 21 heavy (non-hydrogen) atoms. The number of nitrogens with zero attached hydrogens (tertiary/aromatic N) is 2. The van der Waals surface area contributed by atoms with Crippen LogP contribution in [0.3, 0.4) is 0 Å². The molecule has 0 amide bonds. The molecule has 0 saturated heterocycles. The lowest BCUT2D eigenvalue weighted by Gasteiger charge is -2.08. The summed E-state index contributed by atoms with van der Waals surface area (Å²) in [6.07, 6.45) is 1.52. The van der Waals surface area contributed by atoms with Crippen molar-refractivity contribution < 1.29 is 18.4 Å². The average molecular weight is 290 g/mol. The average Bonchev–Trinajstić information content (AvgIpc) is 3.16. The summed E-state index contributed by atoms with van der Waals surface area (Å²) in [5.41, 5.74) is -0.290. The Morgan fingerprint density at radius 2 is 2.19 bits per heavy atom. The zero-order valence-electron chi connectivity index (χ0n) is 11.6. The number of carbonyl (C=O) groups excluding carboxylic acids is 1. The Balaban J connectivity index is 1.78. The van der Waals surface area contributed by atoms with Crippen LogP contribution in [0.2, 0.25) is 0 Å². The molecule has 0 atom stereocenters. The van der Waals surface area contributed by atoms with Gasteiger partial charge in [-0.3, -0.25) is 4.79 Å². The van der Waals surface area contributed by atoms with E-state index in [1.54, 1.807) is 25.1 Å².